The molecule has 0 unspecified atom stereocenters. The number of H-pyrrole nitrogens is 1. The van der Waals surface area contributed by atoms with Crippen LogP contribution in [-0.2, 0) is 17.6 Å². The molecule has 0 bridgehead atoms. The van der Waals surface area contributed by atoms with Crippen molar-refractivity contribution in [2.45, 2.75) is 24.9 Å². The fraction of sp³-hybridized carbons (Fsp3) is 0.286. The first-order valence-electron chi connectivity index (χ1n) is 8.56. The number of benzene rings is 2. The van der Waals surface area contributed by atoms with Crippen molar-refractivity contribution in [2.24, 2.45) is 0 Å². The zero-order chi connectivity index (χ0) is 17.5. The number of thiol groups is 1. The number of imidazole rings is 1. The van der Waals surface area contributed by atoms with Crippen molar-refractivity contribution < 1.29 is 4.74 Å². The number of nitrogens with zero attached hydrogens (tertiary/aromatic N) is 1. The van der Waals surface area contributed by atoms with Gasteiger partial charge in [0.1, 0.15) is 11.9 Å². The van der Waals surface area contributed by atoms with E-state index in [-0.39, 0.29) is 12.0 Å². The van der Waals surface area contributed by atoms with Crippen LogP contribution in [0.3, 0.4) is 0 Å². The molecule has 2 aromatic carbocycles. The normalized spacial score (nSPS) is 13.5. The number of hydrogen-bond acceptors (Lipinski definition) is 3. The molecule has 0 spiro atoms. The second-order valence-corrected chi connectivity index (χ2v) is 6.57. The van der Waals surface area contributed by atoms with Gasteiger partial charge in [0.25, 0.3) is 0 Å². The van der Waals surface area contributed by atoms with Crippen molar-refractivity contribution >= 4 is 12.6 Å². The maximum atomic E-state index is 5.69. The Hall–Kier alpha value is -2.04. The van der Waals surface area contributed by atoms with Gasteiger partial charge in [0.15, 0.2) is 0 Å². The largest absolute Gasteiger partial charge is 0.375 e. The summed E-state index contributed by atoms with van der Waals surface area (Å²) in [5.74, 6) is 1.98. The average Bonchev–Trinajstić information content (AvgIpc) is 3.15. The van der Waals surface area contributed by atoms with Crippen LogP contribution in [0.15, 0.2) is 66.9 Å². The Morgan fingerprint density at radius 2 is 1.56 bits per heavy atom. The third-order valence-electron chi connectivity index (χ3n) is 4.44. The molecule has 3 nitrogen and oxygen atoms in total. The summed E-state index contributed by atoms with van der Waals surface area (Å²) in [5.41, 5.74) is 3.56. The topological polar surface area (TPSA) is 37.9 Å². The zero-order valence-electron chi connectivity index (χ0n) is 14.4. The van der Waals surface area contributed by atoms with E-state index >= 15 is 0 Å². The van der Waals surface area contributed by atoms with E-state index in [0.29, 0.717) is 0 Å². The first-order chi connectivity index (χ1) is 12.3. The average molecular weight is 353 g/mol. The Kier molecular flexibility index (Phi) is 6.31. The number of ether oxygens (including phenoxy) is 1. The lowest BCUT2D eigenvalue weighted by molar-refractivity contribution is 0.100. The Bertz CT molecular complexity index is 694. The van der Waals surface area contributed by atoms with Gasteiger partial charge in [-0.15, -0.1) is 0 Å². The molecule has 1 aromatic heterocycles. The molecule has 0 amide bonds. The SMILES string of the molecule is CO[C@H](Cc1ccccc1)c1cnc([C@H](CS)Cc2ccccc2)[nH]1. The van der Waals surface area contributed by atoms with Crippen LogP contribution in [0.25, 0.3) is 0 Å². The van der Waals surface area contributed by atoms with E-state index in [1.54, 1.807) is 7.11 Å². The monoisotopic (exact) mass is 352 g/mol. The van der Waals surface area contributed by atoms with Crippen molar-refractivity contribution in [2.75, 3.05) is 12.9 Å². The highest BCUT2D eigenvalue weighted by Crippen LogP contribution is 2.24. The maximum Gasteiger partial charge on any atom is 0.110 e. The Labute approximate surface area is 154 Å². The van der Waals surface area contributed by atoms with E-state index in [0.717, 1.165) is 30.1 Å². The predicted octanol–water partition coefficient (Wildman–Crippen LogP) is 4.60. The van der Waals surface area contributed by atoms with Gasteiger partial charge in [-0.3, -0.25) is 0 Å². The smallest absolute Gasteiger partial charge is 0.110 e. The molecule has 2 atom stereocenters. The minimum Gasteiger partial charge on any atom is -0.375 e. The van der Waals surface area contributed by atoms with Gasteiger partial charge in [0.05, 0.1) is 11.9 Å². The van der Waals surface area contributed by atoms with Gasteiger partial charge in [-0.05, 0) is 17.5 Å². The number of rotatable bonds is 8. The first-order valence-corrected chi connectivity index (χ1v) is 9.19. The molecule has 4 heteroatoms. The van der Waals surface area contributed by atoms with Gasteiger partial charge >= 0.3 is 0 Å². The Morgan fingerprint density at radius 1 is 0.960 bits per heavy atom. The second-order valence-electron chi connectivity index (χ2n) is 6.21. The third kappa shape index (κ3) is 4.74. The molecule has 0 saturated heterocycles. The highest BCUT2D eigenvalue weighted by Gasteiger charge is 2.19. The molecule has 0 aliphatic rings. The molecule has 0 aliphatic carbocycles. The lowest BCUT2D eigenvalue weighted by Gasteiger charge is -2.15. The summed E-state index contributed by atoms with van der Waals surface area (Å²) in [5, 5.41) is 0. The zero-order valence-corrected chi connectivity index (χ0v) is 15.3. The number of nitrogens with one attached hydrogen (secondary N) is 1. The summed E-state index contributed by atoms with van der Waals surface area (Å²) in [4.78, 5) is 8.08. The first kappa shape index (κ1) is 17.8. The van der Waals surface area contributed by atoms with Crippen LogP contribution < -0.4 is 0 Å². The molecular weight excluding hydrogens is 328 g/mol. The van der Waals surface area contributed by atoms with Gasteiger partial charge in [-0.1, -0.05) is 60.7 Å². The molecule has 25 heavy (non-hydrogen) atoms. The molecule has 0 aliphatic heterocycles. The molecular formula is C21H24N2OS. The lowest BCUT2D eigenvalue weighted by atomic mass is 10.0. The lowest BCUT2D eigenvalue weighted by Crippen LogP contribution is -2.09. The minimum atomic E-state index is -0.0269. The molecule has 0 fully saturated rings. The standard InChI is InChI=1S/C21H24N2OS/c1-24-20(13-17-10-6-3-7-11-17)19-14-22-21(23-19)18(15-25)12-16-8-4-2-5-9-16/h2-11,14,18,20,25H,12-13,15H2,1H3,(H,22,23)/t18-,20+/m0/s1. The molecule has 1 N–H and O–H groups in total. The van der Waals surface area contributed by atoms with Crippen LogP contribution in [0.5, 0.6) is 0 Å². The predicted molar refractivity (Wildman–Crippen MR) is 105 cm³/mol. The maximum absolute atomic E-state index is 5.69. The quantitative estimate of drug-likeness (QED) is 0.582. The van der Waals surface area contributed by atoms with Crippen LogP contribution >= 0.6 is 12.6 Å². The summed E-state index contributed by atoms with van der Waals surface area (Å²) in [6.45, 7) is 0. The molecule has 3 aromatic rings. The van der Waals surface area contributed by atoms with Crippen molar-refractivity contribution in [3.8, 4) is 0 Å². The van der Waals surface area contributed by atoms with Gasteiger partial charge in [-0.2, -0.15) is 12.6 Å². The van der Waals surface area contributed by atoms with Gasteiger partial charge in [0, 0.05) is 25.2 Å². The molecule has 130 valence electrons. The van der Waals surface area contributed by atoms with Crippen LogP contribution in [0, 0.1) is 0 Å². The van der Waals surface area contributed by atoms with E-state index in [4.69, 9.17) is 4.74 Å². The van der Waals surface area contributed by atoms with Crippen LogP contribution in [-0.4, -0.2) is 22.8 Å². The molecule has 0 radical (unpaired) electrons. The second kappa shape index (κ2) is 8.88. The van der Waals surface area contributed by atoms with E-state index in [1.807, 2.05) is 18.3 Å². The summed E-state index contributed by atoms with van der Waals surface area (Å²) in [7, 11) is 1.74. The van der Waals surface area contributed by atoms with Crippen molar-refractivity contribution in [1.29, 1.82) is 0 Å². The number of aromatic amines is 1. The Balaban J connectivity index is 1.73. The number of hydrogen-bond donors (Lipinski definition) is 2. The molecule has 1 heterocycles. The summed E-state index contributed by atoms with van der Waals surface area (Å²) >= 11 is 4.53. The number of aromatic nitrogens is 2. The summed E-state index contributed by atoms with van der Waals surface area (Å²) in [6.07, 6.45) is 3.62. The van der Waals surface area contributed by atoms with Crippen LogP contribution in [0.4, 0.5) is 0 Å². The summed E-state index contributed by atoms with van der Waals surface area (Å²) < 4.78 is 5.69. The van der Waals surface area contributed by atoms with Crippen LogP contribution in [0.1, 0.15) is 34.7 Å². The van der Waals surface area contributed by atoms with Gasteiger partial charge < -0.3 is 9.72 Å². The van der Waals surface area contributed by atoms with Crippen molar-refractivity contribution in [3.05, 3.63) is 89.5 Å². The van der Waals surface area contributed by atoms with Crippen LogP contribution in [0.2, 0.25) is 0 Å². The third-order valence-corrected chi connectivity index (χ3v) is 4.88. The van der Waals surface area contributed by atoms with Crippen molar-refractivity contribution in [1.82, 2.24) is 9.97 Å². The van der Waals surface area contributed by atoms with E-state index in [1.165, 1.54) is 11.1 Å². The highest BCUT2D eigenvalue weighted by molar-refractivity contribution is 7.80. The fourth-order valence-corrected chi connectivity index (χ4v) is 3.32. The van der Waals surface area contributed by atoms with Gasteiger partial charge in [-0.25, -0.2) is 4.98 Å². The van der Waals surface area contributed by atoms with Gasteiger partial charge in [0.2, 0.25) is 0 Å². The van der Waals surface area contributed by atoms with E-state index in [9.17, 15) is 0 Å². The number of methoxy groups -OCH3 is 1. The van der Waals surface area contributed by atoms with Crippen molar-refractivity contribution in [3.63, 3.8) is 0 Å². The minimum absolute atomic E-state index is 0.0269. The van der Waals surface area contributed by atoms with E-state index in [2.05, 4.69) is 71.1 Å². The molecule has 3 rings (SSSR count). The molecule has 0 saturated carbocycles. The Morgan fingerprint density at radius 3 is 2.12 bits per heavy atom. The van der Waals surface area contributed by atoms with E-state index < -0.39 is 0 Å². The fourth-order valence-electron chi connectivity index (χ4n) is 3.02. The summed E-state index contributed by atoms with van der Waals surface area (Å²) in [6, 6.07) is 20.8. The highest BCUT2D eigenvalue weighted by atomic mass is 32.1.